The molecule has 5 heteroatoms. The molecule has 0 aliphatic rings. The van der Waals surface area contributed by atoms with Crippen LogP contribution in [-0.4, -0.2) is 18.9 Å². The molecule has 0 unspecified atom stereocenters. The molecule has 58 heavy (non-hydrogen) atoms. The molecule has 0 amide bonds. The fourth-order valence-electron chi connectivity index (χ4n) is 9.19. The Morgan fingerprint density at radius 1 is 0.448 bits per heavy atom. The summed E-state index contributed by atoms with van der Waals surface area (Å²) in [7, 11) is 0. The standard InChI is InChI=1S/C53H31N5/c1-54-36-26-28-47-44(31-36)43-30-34(24-27-46(43)58(47)37-16-6-3-7-17-37)49-38-18-8-10-20-40(38)50(41-21-11-9-19-39(41)49)35-25-29-48-56-52-42-22-12-13-23-45(42)55-51(53(52)57(48)32-35)33-14-4-2-5-15-33/h2-32H. The van der Waals surface area contributed by atoms with Gasteiger partial charge >= 0.3 is 0 Å². The monoisotopic (exact) mass is 737 g/mol. The van der Waals surface area contributed by atoms with Gasteiger partial charge < -0.3 is 4.57 Å². The van der Waals surface area contributed by atoms with E-state index in [0.29, 0.717) is 5.69 Å². The third-order valence-corrected chi connectivity index (χ3v) is 11.7. The van der Waals surface area contributed by atoms with E-state index in [0.717, 1.165) is 77.5 Å². The van der Waals surface area contributed by atoms with Crippen molar-refractivity contribution in [3.05, 3.63) is 200 Å². The highest BCUT2D eigenvalue weighted by atomic mass is 15.0. The van der Waals surface area contributed by atoms with Crippen molar-refractivity contribution < 1.29 is 0 Å². The molecule has 12 aromatic rings. The molecule has 5 nitrogen and oxygen atoms in total. The smallest absolute Gasteiger partial charge is 0.188 e. The minimum absolute atomic E-state index is 0.632. The molecule has 0 aliphatic heterocycles. The summed E-state index contributed by atoms with van der Waals surface area (Å²) in [4.78, 5) is 14.3. The van der Waals surface area contributed by atoms with Gasteiger partial charge in [0.1, 0.15) is 11.2 Å². The molecule has 0 N–H and O–H groups in total. The average molecular weight is 738 g/mol. The molecule has 4 heterocycles. The second-order valence-electron chi connectivity index (χ2n) is 14.9. The number of fused-ring (bicyclic) bond motifs is 10. The fraction of sp³-hybridized carbons (Fsp3) is 0. The van der Waals surface area contributed by atoms with E-state index in [4.69, 9.17) is 16.5 Å². The third kappa shape index (κ3) is 4.70. The molecule has 4 aromatic heterocycles. The Labute approximate surface area is 333 Å². The van der Waals surface area contributed by atoms with E-state index in [9.17, 15) is 0 Å². The summed E-state index contributed by atoms with van der Waals surface area (Å²) in [6.45, 7) is 7.81. The maximum Gasteiger partial charge on any atom is 0.188 e. The minimum Gasteiger partial charge on any atom is -0.309 e. The lowest BCUT2D eigenvalue weighted by Crippen LogP contribution is -1.95. The molecule has 12 rings (SSSR count). The van der Waals surface area contributed by atoms with Crippen molar-refractivity contribution in [3.63, 3.8) is 0 Å². The van der Waals surface area contributed by atoms with E-state index in [2.05, 4.69) is 172 Å². The minimum atomic E-state index is 0.632. The Hall–Kier alpha value is -8.07. The number of benzene rings is 8. The van der Waals surface area contributed by atoms with Crippen LogP contribution in [0.25, 0.3) is 115 Å². The van der Waals surface area contributed by atoms with Gasteiger partial charge in [-0.1, -0.05) is 127 Å². The zero-order valence-corrected chi connectivity index (χ0v) is 31.1. The molecule has 0 saturated heterocycles. The molecule has 0 aliphatic carbocycles. The Morgan fingerprint density at radius 2 is 1.02 bits per heavy atom. The lowest BCUT2D eigenvalue weighted by molar-refractivity contribution is 1.18. The Morgan fingerprint density at radius 3 is 1.71 bits per heavy atom. The predicted molar refractivity (Wildman–Crippen MR) is 240 cm³/mol. The van der Waals surface area contributed by atoms with Gasteiger partial charge in [-0.15, -0.1) is 0 Å². The molecule has 0 atom stereocenters. The quantitative estimate of drug-likeness (QED) is 0.133. The number of hydrogen-bond acceptors (Lipinski definition) is 2. The van der Waals surface area contributed by atoms with Crippen molar-refractivity contribution in [2.24, 2.45) is 0 Å². The molecular formula is C53H31N5. The van der Waals surface area contributed by atoms with E-state index >= 15 is 0 Å². The molecule has 0 radical (unpaired) electrons. The zero-order valence-electron chi connectivity index (χ0n) is 31.1. The topological polar surface area (TPSA) is 39.5 Å². The molecule has 8 aromatic carbocycles. The summed E-state index contributed by atoms with van der Waals surface area (Å²) in [5.74, 6) is 0. The van der Waals surface area contributed by atoms with Crippen LogP contribution >= 0.6 is 0 Å². The number of nitrogens with zero attached hydrogens (tertiary/aromatic N) is 5. The van der Waals surface area contributed by atoms with E-state index in [-0.39, 0.29) is 0 Å². The van der Waals surface area contributed by atoms with E-state index in [1.807, 2.05) is 30.3 Å². The summed E-state index contributed by atoms with van der Waals surface area (Å²) in [5, 5.41) is 7.93. The number of hydrogen-bond donors (Lipinski definition) is 0. The molecule has 0 bridgehead atoms. The van der Waals surface area contributed by atoms with E-state index in [1.165, 1.54) is 32.7 Å². The summed E-state index contributed by atoms with van der Waals surface area (Å²) in [5.41, 5.74) is 14.2. The lowest BCUT2D eigenvalue weighted by atomic mass is 9.86. The summed E-state index contributed by atoms with van der Waals surface area (Å²) >= 11 is 0. The van der Waals surface area contributed by atoms with Crippen LogP contribution in [0.1, 0.15) is 0 Å². The Bertz CT molecular complexity index is 3630. The first-order valence-electron chi connectivity index (χ1n) is 19.4. The van der Waals surface area contributed by atoms with Gasteiger partial charge in [-0.05, 0) is 104 Å². The van der Waals surface area contributed by atoms with E-state index < -0.39 is 0 Å². The van der Waals surface area contributed by atoms with Gasteiger partial charge in [0.15, 0.2) is 5.69 Å². The maximum absolute atomic E-state index is 7.81. The van der Waals surface area contributed by atoms with Gasteiger partial charge in [0.2, 0.25) is 0 Å². The molecule has 0 saturated carbocycles. The van der Waals surface area contributed by atoms with E-state index in [1.54, 1.807) is 0 Å². The van der Waals surface area contributed by atoms with Crippen LogP contribution in [0.5, 0.6) is 0 Å². The van der Waals surface area contributed by atoms with Crippen LogP contribution in [0.2, 0.25) is 0 Å². The molecular weight excluding hydrogens is 707 g/mol. The van der Waals surface area contributed by atoms with Gasteiger partial charge in [0.25, 0.3) is 0 Å². The van der Waals surface area contributed by atoms with Crippen LogP contribution in [0.15, 0.2) is 188 Å². The Balaban J connectivity index is 1.13. The van der Waals surface area contributed by atoms with Gasteiger partial charge in [-0.25, -0.2) is 14.8 Å². The normalized spacial score (nSPS) is 11.8. The van der Waals surface area contributed by atoms with Crippen molar-refractivity contribution in [2.75, 3.05) is 0 Å². The number of pyridine rings is 2. The number of imidazole rings is 1. The van der Waals surface area contributed by atoms with Gasteiger partial charge in [0.05, 0.1) is 34.3 Å². The largest absolute Gasteiger partial charge is 0.309 e. The Kier molecular flexibility index (Phi) is 6.92. The number of aromatic nitrogens is 4. The average Bonchev–Trinajstić information content (AvgIpc) is 3.84. The van der Waals surface area contributed by atoms with Gasteiger partial charge in [-0.2, -0.15) is 0 Å². The molecule has 0 fully saturated rings. The zero-order chi connectivity index (χ0) is 38.3. The second-order valence-corrected chi connectivity index (χ2v) is 14.9. The fourth-order valence-corrected chi connectivity index (χ4v) is 9.19. The highest BCUT2D eigenvalue weighted by Gasteiger charge is 2.21. The van der Waals surface area contributed by atoms with Crippen molar-refractivity contribution in [2.45, 2.75) is 0 Å². The first-order valence-corrected chi connectivity index (χ1v) is 19.4. The van der Waals surface area contributed by atoms with Crippen molar-refractivity contribution in [3.8, 4) is 39.2 Å². The summed E-state index contributed by atoms with van der Waals surface area (Å²) in [6, 6.07) is 64.0. The van der Waals surface area contributed by atoms with Crippen LogP contribution < -0.4 is 0 Å². The summed E-state index contributed by atoms with van der Waals surface area (Å²) < 4.78 is 4.54. The summed E-state index contributed by atoms with van der Waals surface area (Å²) in [6.07, 6.45) is 2.25. The van der Waals surface area contributed by atoms with Gasteiger partial charge in [0, 0.05) is 28.2 Å². The lowest BCUT2D eigenvalue weighted by Gasteiger charge is -2.18. The third-order valence-electron chi connectivity index (χ3n) is 11.7. The SMILES string of the molecule is [C-]#[N+]c1ccc2c(c1)c1cc(-c3c4ccccc4c(-c4ccc5nc6c7ccccc7nc(-c7ccccc7)c6n5c4)c4ccccc34)ccc1n2-c1ccccc1. The van der Waals surface area contributed by atoms with Crippen LogP contribution in [0.4, 0.5) is 5.69 Å². The first kappa shape index (κ1) is 32.2. The highest BCUT2D eigenvalue weighted by molar-refractivity contribution is 6.22. The predicted octanol–water partition coefficient (Wildman–Crippen LogP) is 14.0. The van der Waals surface area contributed by atoms with Crippen LogP contribution in [0, 0.1) is 6.57 Å². The van der Waals surface area contributed by atoms with Crippen LogP contribution in [0.3, 0.4) is 0 Å². The first-order chi connectivity index (χ1) is 28.7. The van der Waals surface area contributed by atoms with Crippen molar-refractivity contribution in [1.29, 1.82) is 0 Å². The number of rotatable bonds is 4. The van der Waals surface area contributed by atoms with Crippen molar-refractivity contribution in [1.82, 2.24) is 18.9 Å². The second kappa shape index (κ2) is 12.5. The molecule has 0 spiro atoms. The van der Waals surface area contributed by atoms with Gasteiger partial charge in [-0.3, -0.25) is 4.40 Å². The maximum atomic E-state index is 7.81. The molecule has 268 valence electrons. The highest BCUT2D eigenvalue weighted by Crippen LogP contribution is 2.46. The van der Waals surface area contributed by atoms with Crippen LogP contribution in [-0.2, 0) is 0 Å². The number of para-hydroxylation sites is 2. The van der Waals surface area contributed by atoms with Crippen molar-refractivity contribution >= 4 is 76.6 Å².